The number of hydrogen-bond acceptors (Lipinski definition) is 2. The number of aliphatic hydroxyl groups excluding tert-OH is 1. The summed E-state index contributed by atoms with van der Waals surface area (Å²) in [6.07, 6.45) is 3.19. The normalized spacial score (nSPS) is 19.8. The molecule has 0 saturated heterocycles. The standard InChI is InChI=1S/C8H14ClNO2/c9-5-2-7(12)10-8(6-11)3-1-4-8/h11H,1-6H2,(H,10,12). The molecule has 4 heteroatoms. The molecule has 1 aliphatic carbocycles. The Balaban J connectivity index is 2.32. The van der Waals surface area contributed by atoms with Crippen LogP contribution in [0.5, 0.6) is 0 Å². The summed E-state index contributed by atoms with van der Waals surface area (Å²) in [5.74, 6) is 0.284. The average molecular weight is 192 g/mol. The van der Waals surface area contributed by atoms with Gasteiger partial charge < -0.3 is 10.4 Å². The molecule has 1 rings (SSSR count). The third-order valence-corrected chi connectivity index (χ3v) is 2.53. The Morgan fingerprint density at radius 1 is 1.58 bits per heavy atom. The molecule has 1 aliphatic rings. The summed E-state index contributed by atoms with van der Waals surface area (Å²) in [6, 6.07) is 0. The van der Waals surface area contributed by atoms with Crippen LogP contribution in [0.15, 0.2) is 0 Å². The summed E-state index contributed by atoms with van der Waals surface area (Å²) < 4.78 is 0. The maximum absolute atomic E-state index is 11.1. The van der Waals surface area contributed by atoms with E-state index in [1.54, 1.807) is 0 Å². The van der Waals surface area contributed by atoms with Crippen molar-refractivity contribution < 1.29 is 9.90 Å². The monoisotopic (exact) mass is 191 g/mol. The van der Waals surface area contributed by atoms with Gasteiger partial charge >= 0.3 is 0 Å². The molecule has 0 bridgehead atoms. The van der Waals surface area contributed by atoms with Crippen LogP contribution in [0.1, 0.15) is 25.7 Å². The van der Waals surface area contributed by atoms with Crippen LogP contribution in [0.25, 0.3) is 0 Å². The number of rotatable bonds is 4. The number of aliphatic hydroxyl groups is 1. The van der Waals surface area contributed by atoms with Gasteiger partial charge in [0.15, 0.2) is 0 Å². The third kappa shape index (κ3) is 2.11. The van der Waals surface area contributed by atoms with E-state index in [2.05, 4.69) is 5.32 Å². The van der Waals surface area contributed by atoms with Crippen molar-refractivity contribution in [3.8, 4) is 0 Å². The summed E-state index contributed by atoms with van der Waals surface area (Å²) in [6.45, 7) is 0.0427. The smallest absolute Gasteiger partial charge is 0.221 e. The fourth-order valence-corrected chi connectivity index (χ4v) is 1.54. The van der Waals surface area contributed by atoms with Gasteiger partial charge in [0.2, 0.25) is 5.91 Å². The Morgan fingerprint density at radius 2 is 2.25 bits per heavy atom. The first-order chi connectivity index (χ1) is 5.72. The van der Waals surface area contributed by atoms with Crippen LogP contribution in [-0.4, -0.2) is 29.0 Å². The largest absolute Gasteiger partial charge is 0.394 e. The van der Waals surface area contributed by atoms with Gasteiger partial charge in [0.25, 0.3) is 0 Å². The molecule has 0 atom stereocenters. The van der Waals surface area contributed by atoms with E-state index in [1.807, 2.05) is 0 Å². The van der Waals surface area contributed by atoms with Gasteiger partial charge in [-0.05, 0) is 19.3 Å². The molecule has 12 heavy (non-hydrogen) atoms. The van der Waals surface area contributed by atoms with Crippen molar-refractivity contribution in [1.29, 1.82) is 0 Å². The minimum Gasteiger partial charge on any atom is -0.394 e. The van der Waals surface area contributed by atoms with Crippen molar-refractivity contribution >= 4 is 17.5 Å². The first kappa shape index (κ1) is 9.81. The van der Waals surface area contributed by atoms with E-state index >= 15 is 0 Å². The molecule has 0 spiro atoms. The first-order valence-electron chi connectivity index (χ1n) is 4.20. The summed E-state index contributed by atoms with van der Waals surface area (Å²) in [5.41, 5.74) is -0.316. The molecule has 1 amide bonds. The number of alkyl halides is 1. The molecule has 0 aliphatic heterocycles. The number of carbonyl (C=O) groups is 1. The molecule has 70 valence electrons. The minimum atomic E-state index is -0.316. The van der Waals surface area contributed by atoms with Crippen LogP contribution < -0.4 is 5.32 Å². The lowest BCUT2D eigenvalue weighted by atomic mass is 9.77. The van der Waals surface area contributed by atoms with Crippen LogP contribution in [0.4, 0.5) is 0 Å². The fourth-order valence-electron chi connectivity index (χ4n) is 1.37. The van der Waals surface area contributed by atoms with E-state index < -0.39 is 0 Å². The van der Waals surface area contributed by atoms with E-state index in [-0.39, 0.29) is 18.1 Å². The molecule has 0 unspecified atom stereocenters. The van der Waals surface area contributed by atoms with Gasteiger partial charge in [0.05, 0.1) is 12.1 Å². The van der Waals surface area contributed by atoms with Crippen LogP contribution in [0.3, 0.4) is 0 Å². The van der Waals surface area contributed by atoms with Crippen molar-refractivity contribution in [3.63, 3.8) is 0 Å². The highest BCUT2D eigenvalue weighted by Crippen LogP contribution is 2.31. The van der Waals surface area contributed by atoms with E-state index in [0.29, 0.717) is 12.3 Å². The van der Waals surface area contributed by atoms with Gasteiger partial charge in [-0.2, -0.15) is 0 Å². The molecule has 2 N–H and O–H groups in total. The summed E-state index contributed by atoms with van der Waals surface area (Å²) >= 11 is 5.41. The Kier molecular flexibility index (Phi) is 3.35. The van der Waals surface area contributed by atoms with Crippen molar-refractivity contribution in [2.75, 3.05) is 12.5 Å². The Morgan fingerprint density at radius 3 is 2.58 bits per heavy atom. The highest BCUT2D eigenvalue weighted by atomic mass is 35.5. The lowest BCUT2D eigenvalue weighted by Gasteiger charge is -2.40. The summed E-state index contributed by atoms with van der Waals surface area (Å²) in [5, 5.41) is 11.8. The zero-order valence-electron chi connectivity index (χ0n) is 6.98. The minimum absolute atomic E-state index is 0.0427. The third-order valence-electron chi connectivity index (χ3n) is 2.34. The van der Waals surface area contributed by atoms with Gasteiger partial charge in [0.1, 0.15) is 0 Å². The van der Waals surface area contributed by atoms with Gasteiger partial charge in [-0.3, -0.25) is 4.79 Å². The first-order valence-corrected chi connectivity index (χ1v) is 4.74. The number of nitrogens with one attached hydrogen (secondary N) is 1. The van der Waals surface area contributed by atoms with Crippen molar-refractivity contribution in [1.82, 2.24) is 5.32 Å². The maximum Gasteiger partial charge on any atom is 0.221 e. The van der Waals surface area contributed by atoms with Gasteiger partial charge in [-0.25, -0.2) is 0 Å². The molecule has 0 aromatic heterocycles. The average Bonchev–Trinajstić information content (AvgIpc) is 1.97. The van der Waals surface area contributed by atoms with Crippen LogP contribution in [-0.2, 0) is 4.79 Å². The second-order valence-electron chi connectivity index (χ2n) is 3.28. The van der Waals surface area contributed by atoms with E-state index in [4.69, 9.17) is 16.7 Å². The second-order valence-corrected chi connectivity index (χ2v) is 3.66. The highest BCUT2D eigenvalue weighted by molar-refractivity contribution is 6.18. The molecular weight excluding hydrogens is 178 g/mol. The quantitative estimate of drug-likeness (QED) is 0.641. The Hall–Kier alpha value is -0.280. The molecule has 0 heterocycles. The summed E-state index contributed by atoms with van der Waals surface area (Å²) in [4.78, 5) is 11.1. The molecule has 3 nitrogen and oxygen atoms in total. The molecule has 0 aromatic carbocycles. The summed E-state index contributed by atoms with van der Waals surface area (Å²) in [7, 11) is 0. The predicted octanol–water partition coefficient (Wildman–Crippen LogP) is 0.646. The molecule has 1 fully saturated rings. The van der Waals surface area contributed by atoms with Gasteiger partial charge in [0, 0.05) is 12.3 Å². The van der Waals surface area contributed by atoms with Crippen LogP contribution >= 0.6 is 11.6 Å². The zero-order valence-corrected chi connectivity index (χ0v) is 7.73. The highest BCUT2D eigenvalue weighted by Gasteiger charge is 2.37. The molecule has 1 saturated carbocycles. The van der Waals surface area contributed by atoms with Gasteiger partial charge in [-0.1, -0.05) is 0 Å². The number of hydrogen-bond donors (Lipinski definition) is 2. The van der Waals surface area contributed by atoms with Crippen molar-refractivity contribution in [2.24, 2.45) is 0 Å². The van der Waals surface area contributed by atoms with Crippen molar-refractivity contribution in [3.05, 3.63) is 0 Å². The van der Waals surface area contributed by atoms with Crippen LogP contribution in [0, 0.1) is 0 Å². The predicted molar refractivity (Wildman–Crippen MR) is 47.1 cm³/mol. The number of halogens is 1. The Bertz CT molecular complexity index is 163. The lowest BCUT2D eigenvalue weighted by molar-refractivity contribution is -0.124. The fraction of sp³-hybridized carbons (Fsp3) is 0.875. The lowest BCUT2D eigenvalue weighted by Crippen LogP contribution is -2.56. The van der Waals surface area contributed by atoms with Crippen molar-refractivity contribution in [2.45, 2.75) is 31.2 Å². The Labute approximate surface area is 77.1 Å². The van der Waals surface area contributed by atoms with E-state index in [0.717, 1.165) is 19.3 Å². The van der Waals surface area contributed by atoms with E-state index in [9.17, 15) is 4.79 Å². The number of amides is 1. The number of carbonyl (C=O) groups excluding carboxylic acids is 1. The van der Waals surface area contributed by atoms with Gasteiger partial charge in [-0.15, -0.1) is 11.6 Å². The molecule has 0 radical (unpaired) electrons. The zero-order chi connectivity index (χ0) is 9.03. The second kappa shape index (κ2) is 4.10. The molecule has 0 aromatic rings. The molecular formula is C8H14ClNO2. The topological polar surface area (TPSA) is 49.3 Å². The SMILES string of the molecule is O=C(CCCl)NC1(CO)CCC1. The maximum atomic E-state index is 11.1. The van der Waals surface area contributed by atoms with Crippen LogP contribution in [0.2, 0.25) is 0 Å². The van der Waals surface area contributed by atoms with E-state index in [1.165, 1.54) is 0 Å².